The smallest absolute Gasteiger partial charge is 0.245 e. The van der Waals surface area contributed by atoms with Crippen molar-refractivity contribution in [3.63, 3.8) is 0 Å². The van der Waals surface area contributed by atoms with Crippen molar-refractivity contribution in [2.75, 3.05) is 18.4 Å². The molecule has 186 valence electrons. The van der Waals surface area contributed by atoms with Crippen molar-refractivity contribution in [3.05, 3.63) is 77.5 Å². The molecule has 1 aromatic heterocycles. The minimum atomic E-state index is -0.263. The van der Waals surface area contributed by atoms with Gasteiger partial charge in [0.1, 0.15) is 5.82 Å². The van der Waals surface area contributed by atoms with Crippen LogP contribution in [-0.4, -0.2) is 39.6 Å². The van der Waals surface area contributed by atoms with Crippen LogP contribution in [0, 0.1) is 6.92 Å². The summed E-state index contributed by atoms with van der Waals surface area (Å²) in [5.74, 6) is 0.0946. The molecule has 0 radical (unpaired) electrons. The van der Waals surface area contributed by atoms with Crippen LogP contribution in [0.4, 0.5) is 5.82 Å². The molecule has 3 aromatic rings. The Balaban J connectivity index is 1.86. The summed E-state index contributed by atoms with van der Waals surface area (Å²) in [7, 11) is 0. The molecule has 0 saturated carbocycles. The minimum Gasteiger partial charge on any atom is -0.333 e. The SMILES string of the molecule is CCCN(CC(=O)Nc1cc(C(C)(C)C)nn1-c1ccccc1C)C(=O)C(CC)c1ccccc1. The fourth-order valence-electron chi connectivity index (χ4n) is 4.17. The Morgan fingerprint density at radius 3 is 2.29 bits per heavy atom. The number of hydrogen-bond acceptors (Lipinski definition) is 3. The maximum Gasteiger partial charge on any atom is 0.245 e. The van der Waals surface area contributed by atoms with E-state index in [-0.39, 0.29) is 29.7 Å². The molecule has 35 heavy (non-hydrogen) atoms. The third kappa shape index (κ3) is 6.38. The molecule has 2 aromatic carbocycles. The highest BCUT2D eigenvalue weighted by Crippen LogP contribution is 2.28. The lowest BCUT2D eigenvalue weighted by Gasteiger charge is -2.26. The van der Waals surface area contributed by atoms with Crippen molar-refractivity contribution in [3.8, 4) is 5.69 Å². The normalized spacial score (nSPS) is 12.3. The van der Waals surface area contributed by atoms with Gasteiger partial charge < -0.3 is 10.2 Å². The maximum absolute atomic E-state index is 13.4. The Morgan fingerprint density at radius 2 is 1.69 bits per heavy atom. The van der Waals surface area contributed by atoms with Gasteiger partial charge in [0, 0.05) is 18.0 Å². The van der Waals surface area contributed by atoms with Crippen LogP contribution in [0.1, 0.15) is 70.2 Å². The summed E-state index contributed by atoms with van der Waals surface area (Å²) in [5, 5.41) is 7.86. The molecule has 0 aliphatic heterocycles. The summed E-state index contributed by atoms with van der Waals surface area (Å²) in [6.45, 7) is 12.9. The summed E-state index contributed by atoms with van der Waals surface area (Å²) in [4.78, 5) is 28.4. The van der Waals surface area contributed by atoms with Crippen molar-refractivity contribution in [2.24, 2.45) is 0 Å². The van der Waals surface area contributed by atoms with E-state index in [1.165, 1.54) is 0 Å². The number of nitrogens with one attached hydrogen (secondary N) is 1. The largest absolute Gasteiger partial charge is 0.333 e. The Hall–Kier alpha value is -3.41. The molecule has 0 bridgehead atoms. The molecule has 1 heterocycles. The van der Waals surface area contributed by atoms with Crippen LogP contribution in [-0.2, 0) is 15.0 Å². The number of para-hydroxylation sites is 1. The van der Waals surface area contributed by atoms with Crippen molar-refractivity contribution in [1.82, 2.24) is 14.7 Å². The molecule has 2 amide bonds. The van der Waals surface area contributed by atoms with E-state index in [9.17, 15) is 9.59 Å². The van der Waals surface area contributed by atoms with Gasteiger partial charge in [-0.15, -0.1) is 0 Å². The highest BCUT2D eigenvalue weighted by molar-refractivity contribution is 5.95. The summed E-state index contributed by atoms with van der Waals surface area (Å²) >= 11 is 0. The first-order valence-corrected chi connectivity index (χ1v) is 12.5. The maximum atomic E-state index is 13.4. The van der Waals surface area contributed by atoms with E-state index in [0.29, 0.717) is 18.8 Å². The second-order valence-electron chi connectivity index (χ2n) is 10.0. The van der Waals surface area contributed by atoms with E-state index in [1.807, 2.05) is 81.4 Å². The first-order chi connectivity index (χ1) is 16.7. The Kier molecular flexibility index (Phi) is 8.49. The van der Waals surface area contributed by atoms with E-state index >= 15 is 0 Å². The zero-order chi connectivity index (χ0) is 25.6. The average molecular weight is 475 g/mol. The summed E-state index contributed by atoms with van der Waals surface area (Å²) in [5.41, 5.74) is 3.65. The second kappa shape index (κ2) is 11.3. The zero-order valence-corrected chi connectivity index (χ0v) is 21.8. The first-order valence-electron chi connectivity index (χ1n) is 12.5. The lowest BCUT2D eigenvalue weighted by molar-refractivity contribution is -0.136. The molecule has 3 rings (SSSR count). The number of nitrogens with zero attached hydrogens (tertiary/aromatic N) is 3. The quantitative estimate of drug-likeness (QED) is 0.423. The molecule has 1 unspecified atom stereocenters. The van der Waals surface area contributed by atoms with Crippen molar-refractivity contribution < 1.29 is 9.59 Å². The lowest BCUT2D eigenvalue weighted by Crippen LogP contribution is -2.41. The van der Waals surface area contributed by atoms with Crippen LogP contribution in [0.3, 0.4) is 0 Å². The van der Waals surface area contributed by atoms with Gasteiger partial charge in [-0.3, -0.25) is 9.59 Å². The molecule has 6 nitrogen and oxygen atoms in total. The number of benzene rings is 2. The van der Waals surface area contributed by atoms with Gasteiger partial charge in [0.05, 0.1) is 23.8 Å². The highest BCUT2D eigenvalue weighted by atomic mass is 16.2. The lowest BCUT2D eigenvalue weighted by atomic mass is 9.92. The van der Waals surface area contributed by atoms with Crippen LogP contribution < -0.4 is 5.32 Å². The molecule has 0 aliphatic rings. The Bertz CT molecular complexity index is 1140. The number of rotatable bonds is 9. The monoisotopic (exact) mass is 474 g/mol. The third-order valence-electron chi connectivity index (χ3n) is 6.14. The minimum absolute atomic E-state index is 0.000189. The van der Waals surface area contributed by atoms with E-state index in [2.05, 4.69) is 26.1 Å². The van der Waals surface area contributed by atoms with Gasteiger partial charge in [-0.25, -0.2) is 4.68 Å². The molecule has 0 aliphatic carbocycles. The Labute approximate surface area is 209 Å². The van der Waals surface area contributed by atoms with Gasteiger partial charge in [-0.2, -0.15) is 5.10 Å². The molecule has 1 N–H and O–H groups in total. The number of amides is 2. The number of anilines is 1. The van der Waals surface area contributed by atoms with Crippen LogP contribution in [0.15, 0.2) is 60.7 Å². The molecule has 1 atom stereocenters. The van der Waals surface area contributed by atoms with Gasteiger partial charge in [0.2, 0.25) is 11.8 Å². The van der Waals surface area contributed by atoms with Crippen molar-refractivity contribution in [1.29, 1.82) is 0 Å². The highest BCUT2D eigenvalue weighted by Gasteiger charge is 2.27. The zero-order valence-electron chi connectivity index (χ0n) is 21.8. The van der Waals surface area contributed by atoms with Crippen LogP contribution in [0.25, 0.3) is 5.69 Å². The van der Waals surface area contributed by atoms with E-state index < -0.39 is 0 Å². The molecule has 0 fully saturated rings. The first kappa shape index (κ1) is 26.2. The van der Waals surface area contributed by atoms with Gasteiger partial charge in [0.15, 0.2) is 0 Å². The number of aromatic nitrogens is 2. The third-order valence-corrected chi connectivity index (χ3v) is 6.14. The fourth-order valence-corrected chi connectivity index (χ4v) is 4.17. The van der Waals surface area contributed by atoms with Gasteiger partial charge in [-0.05, 0) is 37.0 Å². The fraction of sp³-hybridized carbons (Fsp3) is 0.414. The molecular weight excluding hydrogens is 436 g/mol. The van der Waals surface area contributed by atoms with Gasteiger partial charge in [0.25, 0.3) is 0 Å². The van der Waals surface area contributed by atoms with Crippen LogP contribution in [0.2, 0.25) is 0 Å². The summed E-state index contributed by atoms with van der Waals surface area (Å²) < 4.78 is 1.79. The number of carbonyl (C=O) groups is 2. The summed E-state index contributed by atoms with van der Waals surface area (Å²) in [6, 6.07) is 19.7. The number of carbonyl (C=O) groups excluding carboxylic acids is 2. The van der Waals surface area contributed by atoms with E-state index in [4.69, 9.17) is 5.10 Å². The predicted molar refractivity (Wildman–Crippen MR) is 142 cm³/mol. The standard InChI is InChI=1S/C29H38N4O2/c1-7-18-32(28(35)23(8-2)22-15-10-9-11-16-22)20-27(34)30-26-19-25(29(4,5)6)31-33(26)24-17-13-12-14-21(24)3/h9-17,19,23H,7-8,18,20H2,1-6H3,(H,30,34). The molecular formula is C29H38N4O2. The average Bonchev–Trinajstić information content (AvgIpc) is 3.24. The van der Waals surface area contributed by atoms with Gasteiger partial charge in [-0.1, -0.05) is 83.1 Å². The van der Waals surface area contributed by atoms with Crippen molar-refractivity contribution >= 4 is 17.6 Å². The van der Waals surface area contributed by atoms with Crippen LogP contribution in [0.5, 0.6) is 0 Å². The number of hydrogen-bond donors (Lipinski definition) is 1. The molecule has 0 saturated heterocycles. The Morgan fingerprint density at radius 1 is 1.03 bits per heavy atom. The van der Waals surface area contributed by atoms with Crippen molar-refractivity contribution in [2.45, 2.75) is 65.7 Å². The number of aryl methyl sites for hydroxylation is 1. The topological polar surface area (TPSA) is 67.2 Å². The summed E-state index contributed by atoms with van der Waals surface area (Å²) in [6.07, 6.45) is 1.46. The van der Waals surface area contributed by atoms with E-state index in [0.717, 1.165) is 28.9 Å². The van der Waals surface area contributed by atoms with Crippen LogP contribution >= 0.6 is 0 Å². The van der Waals surface area contributed by atoms with Gasteiger partial charge >= 0.3 is 0 Å². The predicted octanol–water partition coefficient (Wildman–Crippen LogP) is 5.85. The molecule has 6 heteroatoms. The second-order valence-corrected chi connectivity index (χ2v) is 10.0. The molecule has 0 spiro atoms. The van der Waals surface area contributed by atoms with E-state index in [1.54, 1.807) is 9.58 Å².